The van der Waals surface area contributed by atoms with Gasteiger partial charge in [0, 0.05) is 23.1 Å². The Morgan fingerprint density at radius 1 is 1.17 bits per heavy atom. The van der Waals surface area contributed by atoms with Crippen molar-refractivity contribution < 1.29 is 14.3 Å². The number of anilines is 1. The summed E-state index contributed by atoms with van der Waals surface area (Å²) in [4.78, 5) is 12.0. The molecular formula is C18H21NO3S. The Morgan fingerprint density at radius 2 is 2.00 bits per heavy atom. The first-order valence-corrected chi connectivity index (χ1v) is 8.60. The highest BCUT2D eigenvalue weighted by molar-refractivity contribution is 7.99. The van der Waals surface area contributed by atoms with E-state index in [2.05, 4.69) is 5.32 Å². The van der Waals surface area contributed by atoms with E-state index in [1.165, 1.54) is 0 Å². The van der Waals surface area contributed by atoms with E-state index in [4.69, 9.17) is 9.47 Å². The van der Waals surface area contributed by atoms with Gasteiger partial charge in [0.05, 0.1) is 19.5 Å². The Morgan fingerprint density at radius 3 is 2.78 bits per heavy atom. The van der Waals surface area contributed by atoms with Crippen LogP contribution in [0.5, 0.6) is 11.5 Å². The quantitative estimate of drug-likeness (QED) is 0.795. The van der Waals surface area contributed by atoms with Gasteiger partial charge in [-0.1, -0.05) is 24.3 Å². The van der Waals surface area contributed by atoms with Gasteiger partial charge in [-0.25, -0.2) is 0 Å². The normalized spacial score (nSPS) is 10.2. The third-order valence-electron chi connectivity index (χ3n) is 3.12. The van der Waals surface area contributed by atoms with Crippen LogP contribution in [0.2, 0.25) is 0 Å². The van der Waals surface area contributed by atoms with Crippen molar-refractivity contribution in [3.63, 3.8) is 0 Å². The van der Waals surface area contributed by atoms with Crippen LogP contribution in [0.1, 0.15) is 12.5 Å². The predicted octanol–water partition coefficient (Wildman–Crippen LogP) is 3.97. The molecule has 0 fully saturated rings. The van der Waals surface area contributed by atoms with Crippen molar-refractivity contribution in [2.24, 2.45) is 0 Å². The third kappa shape index (κ3) is 5.53. The SMILES string of the molecule is CCOc1ccccc1CSCC(=O)Nc1cccc(OC)c1. The number of carbonyl (C=O) groups excluding carboxylic acids is 1. The number of ether oxygens (including phenoxy) is 2. The molecule has 0 bridgehead atoms. The van der Waals surface area contributed by atoms with E-state index in [9.17, 15) is 4.79 Å². The maximum absolute atomic E-state index is 12.0. The zero-order valence-corrected chi connectivity index (χ0v) is 14.2. The molecule has 0 radical (unpaired) electrons. The van der Waals surface area contributed by atoms with Crippen LogP contribution in [0, 0.1) is 0 Å². The van der Waals surface area contributed by atoms with Gasteiger partial charge in [0.1, 0.15) is 11.5 Å². The Hall–Kier alpha value is -2.14. The van der Waals surface area contributed by atoms with Gasteiger partial charge in [-0.2, -0.15) is 0 Å². The number of rotatable bonds is 8. The summed E-state index contributed by atoms with van der Waals surface area (Å²) in [6, 6.07) is 15.2. The molecule has 122 valence electrons. The van der Waals surface area contributed by atoms with Gasteiger partial charge < -0.3 is 14.8 Å². The molecule has 2 aromatic carbocycles. The highest BCUT2D eigenvalue weighted by atomic mass is 32.2. The van der Waals surface area contributed by atoms with Crippen LogP contribution in [-0.4, -0.2) is 25.4 Å². The molecule has 0 unspecified atom stereocenters. The molecule has 0 aliphatic rings. The molecular weight excluding hydrogens is 310 g/mol. The second-order valence-electron chi connectivity index (χ2n) is 4.81. The number of hydrogen-bond acceptors (Lipinski definition) is 4. The van der Waals surface area contributed by atoms with Gasteiger partial charge in [-0.05, 0) is 25.1 Å². The summed E-state index contributed by atoms with van der Waals surface area (Å²) in [5.74, 6) is 2.70. The Balaban J connectivity index is 1.83. The first-order chi connectivity index (χ1) is 11.2. The number of hydrogen-bond donors (Lipinski definition) is 1. The number of nitrogens with one attached hydrogen (secondary N) is 1. The van der Waals surface area contributed by atoms with Gasteiger partial charge in [-0.15, -0.1) is 11.8 Å². The Labute approximate surface area is 141 Å². The maximum Gasteiger partial charge on any atom is 0.234 e. The molecule has 0 spiro atoms. The van der Waals surface area contributed by atoms with E-state index in [1.54, 1.807) is 24.9 Å². The number of thioether (sulfide) groups is 1. The van der Waals surface area contributed by atoms with Crippen molar-refractivity contribution >= 4 is 23.4 Å². The van der Waals surface area contributed by atoms with Crippen molar-refractivity contribution in [3.05, 3.63) is 54.1 Å². The summed E-state index contributed by atoms with van der Waals surface area (Å²) < 4.78 is 10.7. The zero-order chi connectivity index (χ0) is 16.5. The van der Waals surface area contributed by atoms with E-state index >= 15 is 0 Å². The molecule has 23 heavy (non-hydrogen) atoms. The average molecular weight is 331 g/mol. The molecule has 2 aromatic rings. The minimum absolute atomic E-state index is 0.0304. The fourth-order valence-corrected chi connectivity index (χ4v) is 2.89. The second-order valence-corrected chi connectivity index (χ2v) is 5.80. The van der Waals surface area contributed by atoms with Crippen molar-refractivity contribution in [2.75, 3.05) is 24.8 Å². The molecule has 1 amide bonds. The summed E-state index contributed by atoms with van der Waals surface area (Å²) in [6.07, 6.45) is 0. The standard InChI is InChI=1S/C18H21NO3S/c1-3-22-17-10-5-4-7-14(17)12-23-13-18(20)19-15-8-6-9-16(11-15)21-2/h4-11H,3,12-13H2,1-2H3,(H,19,20). The lowest BCUT2D eigenvalue weighted by molar-refractivity contribution is -0.113. The fraction of sp³-hybridized carbons (Fsp3) is 0.278. The van der Waals surface area contributed by atoms with Gasteiger partial charge >= 0.3 is 0 Å². The smallest absolute Gasteiger partial charge is 0.234 e. The van der Waals surface area contributed by atoms with Crippen molar-refractivity contribution in [1.82, 2.24) is 0 Å². The maximum atomic E-state index is 12.0. The second kappa shape index (κ2) is 9.10. The summed E-state index contributed by atoms with van der Waals surface area (Å²) in [5.41, 5.74) is 1.85. The number of amides is 1. The topological polar surface area (TPSA) is 47.6 Å². The first kappa shape index (κ1) is 17.2. The highest BCUT2D eigenvalue weighted by Gasteiger charge is 2.06. The van der Waals surface area contributed by atoms with E-state index in [0.717, 1.165) is 28.5 Å². The monoisotopic (exact) mass is 331 g/mol. The summed E-state index contributed by atoms with van der Waals surface area (Å²) in [7, 11) is 1.60. The lowest BCUT2D eigenvalue weighted by Crippen LogP contribution is -2.14. The van der Waals surface area contributed by atoms with E-state index in [-0.39, 0.29) is 5.91 Å². The number of para-hydroxylation sites is 1. The predicted molar refractivity (Wildman–Crippen MR) is 95.4 cm³/mol. The van der Waals surface area contributed by atoms with Crippen LogP contribution in [0.3, 0.4) is 0 Å². The number of methoxy groups -OCH3 is 1. The molecule has 0 saturated carbocycles. The molecule has 0 heterocycles. The highest BCUT2D eigenvalue weighted by Crippen LogP contribution is 2.23. The largest absolute Gasteiger partial charge is 0.497 e. The van der Waals surface area contributed by atoms with E-state index in [1.807, 2.05) is 49.4 Å². The van der Waals surface area contributed by atoms with Gasteiger partial charge in [-0.3, -0.25) is 4.79 Å². The molecule has 0 atom stereocenters. The van der Waals surface area contributed by atoms with E-state index < -0.39 is 0 Å². The van der Waals surface area contributed by atoms with Crippen LogP contribution >= 0.6 is 11.8 Å². The minimum atomic E-state index is -0.0304. The Bertz CT molecular complexity index is 646. The van der Waals surface area contributed by atoms with Gasteiger partial charge in [0.2, 0.25) is 5.91 Å². The molecule has 0 aromatic heterocycles. The summed E-state index contributed by atoms with van der Waals surface area (Å²) in [5, 5.41) is 2.87. The van der Waals surface area contributed by atoms with Crippen molar-refractivity contribution in [2.45, 2.75) is 12.7 Å². The summed E-state index contributed by atoms with van der Waals surface area (Å²) >= 11 is 1.56. The fourth-order valence-electron chi connectivity index (χ4n) is 2.07. The number of carbonyl (C=O) groups is 1. The van der Waals surface area contributed by atoms with Crippen LogP contribution in [-0.2, 0) is 10.5 Å². The summed E-state index contributed by atoms with van der Waals surface area (Å²) in [6.45, 7) is 2.60. The lowest BCUT2D eigenvalue weighted by atomic mass is 10.2. The van der Waals surface area contributed by atoms with Gasteiger partial charge in [0.25, 0.3) is 0 Å². The third-order valence-corrected chi connectivity index (χ3v) is 4.10. The van der Waals surface area contributed by atoms with Crippen molar-refractivity contribution in [3.8, 4) is 11.5 Å². The lowest BCUT2D eigenvalue weighted by Gasteiger charge is -2.10. The molecule has 5 heteroatoms. The van der Waals surface area contributed by atoms with Crippen molar-refractivity contribution in [1.29, 1.82) is 0 Å². The first-order valence-electron chi connectivity index (χ1n) is 7.45. The van der Waals surface area contributed by atoms with E-state index in [0.29, 0.717) is 12.4 Å². The number of benzene rings is 2. The molecule has 0 aliphatic carbocycles. The minimum Gasteiger partial charge on any atom is -0.497 e. The Kier molecular flexibility index (Phi) is 6.81. The van der Waals surface area contributed by atoms with Gasteiger partial charge in [0.15, 0.2) is 0 Å². The van der Waals surface area contributed by atoms with Crippen LogP contribution in [0.4, 0.5) is 5.69 Å². The molecule has 0 saturated heterocycles. The zero-order valence-electron chi connectivity index (χ0n) is 13.4. The molecule has 2 rings (SSSR count). The molecule has 1 N–H and O–H groups in total. The molecule has 4 nitrogen and oxygen atoms in total. The molecule has 0 aliphatic heterocycles. The average Bonchev–Trinajstić information content (AvgIpc) is 2.57. The van der Waals surface area contributed by atoms with Crippen LogP contribution in [0.25, 0.3) is 0 Å². The van der Waals surface area contributed by atoms with Crippen LogP contribution in [0.15, 0.2) is 48.5 Å². The van der Waals surface area contributed by atoms with Crippen LogP contribution < -0.4 is 14.8 Å².